The average Bonchev–Trinajstić information content (AvgIpc) is 3.68. The lowest BCUT2D eigenvalue weighted by Crippen LogP contribution is -2.53. The SMILES string of the molecule is COc1cc(OC)c(Cl)c(N2Cc3cnc(NC(C)C)nc3N(C3CCN(C(=O)C=CC[N+](C)(C)Cc4c([N+](=O)[O-])ncn4C)C3)C2=O)c1Cl. The number of anilines is 3. The summed E-state index contributed by atoms with van der Waals surface area (Å²) in [6.45, 7) is 5.44. The number of fused-ring (bicyclic) bond motifs is 1. The van der Waals surface area contributed by atoms with E-state index in [4.69, 9.17) is 37.7 Å². The summed E-state index contributed by atoms with van der Waals surface area (Å²) in [5, 5.41) is 14.9. The minimum absolute atomic E-state index is 0.0494. The number of nitrogens with one attached hydrogen (secondary N) is 1. The fourth-order valence-electron chi connectivity index (χ4n) is 6.06. The topological polar surface area (TPSA) is 161 Å². The first-order valence-corrected chi connectivity index (χ1v) is 16.7. The Morgan fingerprint density at radius 2 is 1.88 bits per heavy atom. The van der Waals surface area contributed by atoms with Crippen molar-refractivity contribution < 1.29 is 28.5 Å². The number of nitro groups is 1. The molecule has 3 aromatic rings. The van der Waals surface area contributed by atoms with E-state index < -0.39 is 17.0 Å². The second-order valence-corrected chi connectivity index (χ2v) is 13.9. The Labute approximate surface area is 299 Å². The molecule has 2 aliphatic rings. The van der Waals surface area contributed by atoms with Gasteiger partial charge in [0.05, 0.1) is 53.1 Å². The van der Waals surface area contributed by atoms with Crippen LogP contribution in [0, 0.1) is 10.1 Å². The summed E-state index contributed by atoms with van der Waals surface area (Å²) < 4.78 is 12.9. The summed E-state index contributed by atoms with van der Waals surface area (Å²) in [4.78, 5) is 56.7. The molecule has 0 bridgehead atoms. The van der Waals surface area contributed by atoms with Crippen molar-refractivity contribution in [3.05, 3.63) is 62.2 Å². The van der Waals surface area contributed by atoms with Crippen LogP contribution in [0.2, 0.25) is 10.0 Å². The first-order chi connectivity index (χ1) is 23.6. The van der Waals surface area contributed by atoms with Crippen LogP contribution in [0.15, 0.2) is 30.7 Å². The Balaban J connectivity index is 1.39. The number of hydrogen-bond donors (Lipinski definition) is 1. The highest BCUT2D eigenvalue weighted by Gasteiger charge is 2.42. The molecular formula is C32H41Cl2N10O6+. The van der Waals surface area contributed by atoms with E-state index in [0.29, 0.717) is 53.6 Å². The highest BCUT2D eigenvalue weighted by Crippen LogP contribution is 2.48. The van der Waals surface area contributed by atoms with Gasteiger partial charge >= 0.3 is 11.8 Å². The highest BCUT2D eigenvalue weighted by molar-refractivity contribution is 6.42. The summed E-state index contributed by atoms with van der Waals surface area (Å²) in [6.07, 6.45) is 6.85. The monoisotopic (exact) mass is 731 g/mol. The van der Waals surface area contributed by atoms with Crippen molar-refractivity contribution in [1.82, 2.24) is 24.4 Å². The van der Waals surface area contributed by atoms with Crippen LogP contribution in [-0.2, 0) is 24.9 Å². The number of hydrogen-bond acceptors (Lipinski definition) is 10. The zero-order valence-corrected chi connectivity index (χ0v) is 30.5. The van der Waals surface area contributed by atoms with Crippen molar-refractivity contribution in [1.29, 1.82) is 0 Å². The molecule has 2 aliphatic heterocycles. The third kappa shape index (κ3) is 7.41. The van der Waals surface area contributed by atoms with Crippen molar-refractivity contribution in [3.63, 3.8) is 0 Å². The number of likely N-dealkylation sites (N-methyl/N-ethyl adjacent to an activating group) is 1. The maximum absolute atomic E-state index is 14.5. The molecule has 1 unspecified atom stereocenters. The summed E-state index contributed by atoms with van der Waals surface area (Å²) >= 11 is 13.5. The summed E-state index contributed by atoms with van der Waals surface area (Å²) in [5.41, 5.74) is 1.37. The van der Waals surface area contributed by atoms with E-state index in [9.17, 15) is 19.7 Å². The fourth-order valence-corrected chi connectivity index (χ4v) is 6.77. The molecule has 18 heteroatoms. The number of methoxy groups -OCH3 is 2. The molecule has 268 valence electrons. The van der Waals surface area contributed by atoms with E-state index in [1.54, 1.807) is 39.8 Å². The van der Waals surface area contributed by atoms with Crippen molar-refractivity contribution in [2.75, 3.05) is 63.1 Å². The standard InChI is InChI=1S/C32H41Cl2N10O6/c1-19(2)37-31-35-14-20-15-41(28-26(33)23(49-6)13-24(50-7)27(28)34)32(46)42(29(20)38-31)21-10-11-40(16-21)25(45)9-8-12-44(4,5)17-22-30(43(47)48)36-18-39(22)3/h8-9,13-14,18-19,21H,10-12,15-17H2,1-7H3,(H,35,37,38)/q+1. The van der Waals surface area contributed by atoms with Crippen LogP contribution in [0.25, 0.3) is 0 Å². The predicted molar refractivity (Wildman–Crippen MR) is 189 cm³/mol. The zero-order chi connectivity index (χ0) is 36.5. The van der Waals surface area contributed by atoms with E-state index in [0.717, 1.165) is 0 Å². The van der Waals surface area contributed by atoms with Crippen LogP contribution in [0.3, 0.4) is 0 Å². The summed E-state index contributed by atoms with van der Waals surface area (Å²) in [5.74, 6) is 0.978. The lowest BCUT2D eigenvalue weighted by Gasteiger charge is -2.39. The molecule has 0 spiro atoms. The number of halogens is 2. The van der Waals surface area contributed by atoms with E-state index in [-0.39, 0.29) is 58.1 Å². The minimum atomic E-state index is -0.492. The zero-order valence-electron chi connectivity index (χ0n) is 29.0. The van der Waals surface area contributed by atoms with Gasteiger partial charge in [-0.3, -0.25) is 14.6 Å². The third-order valence-corrected chi connectivity index (χ3v) is 9.29. The molecule has 1 fully saturated rings. The molecule has 4 heterocycles. The molecule has 2 aromatic heterocycles. The number of benzene rings is 1. The lowest BCUT2D eigenvalue weighted by molar-refractivity contribution is -0.898. The molecule has 1 saturated heterocycles. The first kappa shape index (κ1) is 36.6. The molecule has 1 aromatic carbocycles. The van der Waals surface area contributed by atoms with Crippen LogP contribution in [0.4, 0.5) is 28.1 Å². The van der Waals surface area contributed by atoms with Crippen LogP contribution in [0.1, 0.15) is 31.5 Å². The van der Waals surface area contributed by atoms with Gasteiger partial charge in [0, 0.05) is 50.1 Å². The number of nitrogens with zero attached hydrogens (tertiary/aromatic N) is 9. The third-order valence-electron chi connectivity index (χ3n) is 8.56. The van der Waals surface area contributed by atoms with Gasteiger partial charge in [-0.15, -0.1) is 0 Å². The number of likely N-dealkylation sites (tertiary alicyclic amines) is 1. The number of quaternary nitrogens is 1. The van der Waals surface area contributed by atoms with Gasteiger partial charge in [0.2, 0.25) is 18.2 Å². The summed E-state index contributed by atoms with van der Waals surface area (Å²) in [6, 6.07) is 0.751. The number of imidazole rings is 1. The number of aryl methyl sites for hydroxylation is 1. The normalized spacial score (nSPS) is 16.4. The minimum Gasteiger partial charge on any atom is -0.495 e. The molecule has 1 atom stereocenters. The molecule has 0 aliphatic carbocycles. The number of urea groups is 1. The maximum Gasteiger partial charge on any atom is 0.390 e. The molecule has 50 heavy (non-hydrogen) atoms. The van der Waals surface area contributed by atoms with Gasteiger partial charge in [-0.05, 0) is 36.3 Å². The Morgan fingerprint density at radius 1 is 1.20 bits per heavy atom. The van der Waals surface area contributed by atoms with Crippen LogP contribution < -0.4 is 24.6 Å². The van der Waals surface area contributed by atoms with Gasteiger partial charge in [0.15, 0.2) is 5.69 Å². The molecule has 0 saturated carbocycles. The number of carbonyl (C=O) groups excluding carboxylic acids is 2. The second kappa shape index (κ2) is 14.7. The van der Waals surface area contributed by atoms with E-state index in [1.165, 1.54) is 31.5 Å². The van der Waals surface area contributed by atoms with E-state index >= 15 is 0 Å². The Kier molecular flexibility index (Phi) is 10.7. The van der Waals surface area contributed by atoms with Gasteiger partial charge in [0.25, 0.3) is 0 Å². The Hall–Kier alpha value is -4.67. The Bertz CT molecular complexity index is 1800. The van der Waals surface area contributed by atoms with E-state index in [2.05, 4.69) is 15.3 Å². The fraction of sp³-hybridized carbons (Fsp3) is 0.469. The summed E-state index contributed by atoms with van der Waals surface area (Å²) in [7, 11) is 8.47. The number of aromatic nitrogens is 4. The Morgan fingerprint density at radius 3 is 2.50 bits per heavy atom. The van der Waals surface area contributed by atoms with Crippen molar-refractivity contribution in [3.8, 4) is 11.5 Å². The maximum atomic E-state index is 14.5. The first-order valence-electron chi connectivity index (χ1n) is 15.9. The van der Waals surface area contributed by atoms with Crippen molar-refractivity contribution in [2.24, 2.45) is 7.05 Å². The second-order valence-electron chi connectivity index (χ2n) is 13.1. The van der Waals surface area contributed by atoms with Crippen molar-refractivity contribution >= 4 is 58.4 Å². The van der Waals surface area contributed by atoms with Crippen LogP contribution in [0.5, 0.6) is 11.5 Å². The molecule has 16 nitrogen and oxygen atoms in total. The van der Waals surface area contributed by atoms with Gasteiger partial charge in [-0.25, -0.2) is 9.78 Å². The molecular weight excluding hydrogens is 691 g/mol. The van der Waals surface area contributed by atoms with Gasteiger partial charge < -0.3 is 38.9 Å². The smallest absolute Gasteiger partial charge is 0.390 e. The van der Waals surface area contributed by atoms with Crippen molar-refractivity contribution in [2.45, 2.75) is 45.4 Å². The number of carbonyl (C=O) groups is 2. The van der Waals surface area contributed by atoms with E-state index in [1.807, 2.05) is 27.9 Å². The lowest BCUT2D eigenvalue weighted by atomic mass is 10.1. The number of amides is 3. The quantitative estimate of drug-likeness (QED) is 0.120. The van der Waals surface area contributed by atoms with Gasteiger partial charge in [-0.1, -0.05) is 23.2 Å². The molecule has 1 N–H and O–H groups in total. The van der Waals surface area contributed by atoms with Crippen LogP contribution >= 0.6 is 23.2 Å². The average molecular weight is 733 g/mol. The molecule has 5 rings (SSSR count). The van der Waals surface area contributed by atoms with Gasteiger partial charge in [-0.2, -0.15) is 4.98 Å². The predicted octanol–water partition coefficient (Wildman–Crippen LogP) is 4.64. The van der Waals surface area contributed by atoms with Crippen LogP contribution in [-0.4, -0.2) is 106 Å². The largest absolute Gasteiger partial charge is 0.495 e. The molecule has 0 radical (unpaired) electrons. The number of rotatable bonds is 12. The highest BCUT2D eigenvalue weighted by atomic mass is 35.5. The molecule has 3 amide bonds. The number of ether oxygens (including phenoxy) is 2. The van der Waals surface area contributed by atoms with Gasteiger partial charge in [0.1, 0.15) is 33.9 Å².